The number of methoxy groups -OCH3 is 1. The lowest BCUT2D eigenvalue weighted by Gasteiger charge is -2.10. The summed E-state index contributed by atoms with van der Waals surface area (Å²) in [5.74, 6) is 0.182. The molecule has 0 aliphatic carbocycles. The number of ether oxygens (including phenoxy) is 2. The largest absolute Gasteiger partial charge is 0.482 e. The molecule has 0 bridgehead atoms. The van der Waals surface area contributed by atoms with Gasteiger partial charge in [-0.3, -0.25) is 9.78 Å². The number of amides is 1. The Hall–Kier alpha value is -1.66. The smallest absolute Gasteiger partial charge is 0.258 e. The van der Waals surface area contributed by atoms with Crippen LogP contribution in [0.25, 0.3) is 0 Å². The van der Waals surface area contributed by atoms with E-state index < -0.39 is 0 Å². The standard InChI is InChI=1S/C12H18N2O4/c1-9-3-4-11(10(7-15)14-9)18-8-12(16)13-5-6-17-2/h3-4,15H,5-8H2,1-2H3,(H,13,16). The molecule has 0 atom stereocenters. The Bertz CT molecular complexity index is 396. The monoisotopic (exact) mass is 254 g/mol. The first-order valence-electron chi connectivity index (χ1n) is 5.63. The Kier molecular flexibility index (Phi) is 6.10. The molecule has 1 amide bonds. The minimum Gasteiger partial charge on any atom is -0.482 e. The molecular formula is C12H18N2O4. The Morgan fingerprint density at radius 3 is 2.94 bits per heavy atom. The topological polar surface area (TPSA) is 80.7 Å². The first-order valence-corrected chi connectivity index (χ1v) is 5.63. The van der Waals surface area contributed by atoms with E-state index in [1.807, 2.05) is 6.92 Å². The van der Waals surface area contributed by atoms with Gasteiger partial charge in [-0.2, -0.15) is 0 Å². The molecular weight excluding hydrogens is 236 g/mol. The molecule has 1 aromatic heterocycles. The van der Waals surface area contributed by atoms with Crippen molar-refractivity contribution in [3.63, 3.8) is 0 Å². The zero-order valence-electron chi connectivity index (χ0n) is 10.6. The summed E-state index contributed by atoms with van der Waals surface area (Å²) in [4.78, 5) is 15.5. The lowest BCUT2D eigenvalue weighted by atomic mass is 10.3. The molecule has 1 heterocycles. The predicted molar refractivity (Wildman–Crippen MR) is 65.3 cm³/mol. The molecule has 0 aromatic carbocycles. The second-order valence-corrected chi connectivity index (χ2v) is 3.69. The van der Waals surface area contributed by atoms with Crippen LogP contribution in [0.1, 0.15) is 11.4 Å². The number of aromatic nitrogens is 1. The first-order chi connectivity index (χ1) is 8.67. The molecule has 1 rings (SSSR count). The molecule has 18 heavy (non-hydrogen) atoms. The fourth-order valence-electron chi connectivity index (χ4n) is 1.33. The molecule has 0 radical (unpaired) electrons. The molecule has 0 saturated heterocycles. The van der Waals surface area contributed by atoms with Crippen LogP contribution in [0, 0.1) is 6.92 Å². The highest BCUT2D eigenvalue weighted by atomic mass is 16.5. The molecule has 6 nitrogen and oxygen atoms in total. The van der Waals surface area contributed by atoms with Gasteiger partial charge in [0.1, 0.15) is 11.4 Å². The predicted octanol–water partition coefficient (Wildman–Crippen LogP) is 0.0237. The van der Waals surface area contributed by atoms with Gasteiger partial charge >= 0.3 is 0 Å². The van der Waals surface area contributed by atoms with Crippen molar-refractivity contribution in [2.24, 2.45) is 0 Å². The molecule has 1 aromatic rings. The molecule has 6 heteroatoms. The summed E-state index contributed by atoms with van der Waals surface area (Å²) < 4.78 is 10.1. The number of carbonyl (C=O) groups excluding carboxylic acids is 1. The van der Waals surface area contributed by atoms with Crippen molar-refractivity contribution in [3.8, 4) is 5.75 Å². The van der Waals surface area contributed by atoms with Crippen LogP contribution in [0.2, 0.25) is 0 Å². The number of hydrogen-bond acceptors (Lipinski definition) is 5. The van der Waals surface area contributed by atoms with Gasteiger partial charge in [0.2, 0.25) is 0 Å². The maximum atomic E-state index is 11.4. The average molecular weight is 254 g/mol. The summed E-state index contributed by atoms with van der Waals surface area (Å²) in [6, 6.07) is 3.45. The highest BCUT2D eigenvalue weighted by Crippen LogP contribution is 2.16. The van der Waals surface area contributed by atoms with E-state index in [9.17, 15) is 4.79 Å². The third kappa shape index (κ3) is 4.68. The molecule has 0 spiro atoms. The van der Waals surface area contributed by atoms with E-state index in [-0.39, 0.29) is 19.1 Å². The number of rotatable bonds is 7. The molecule has 2 N–H and O–H groups in total. The molecule has 0 aliphatic heterocycles. The molecule has 0 aliphatic rings. The third-order valence-electron chi connectivity index (χ3n) is 2.21. The van der Waals surface area contributed by atoms with Gasteiger partial charge in [0.25, 0.3) is 5.91 Å². The van der Waals surface area contributed by atoms with E-state index in [2.05, 4.69) is 10.3 Å². The number of aryl methyl sites for hydroxylation is 1. The quantitative estimate of drug-likeness (QED) is 0.671. The fourth-order valence-corrected chi connectivity index (χ4v) is 1.33. The van der Waals surface area contributed by atoms with Crippen LogP contribution < -0.4 is 10.1 Å². The molecule has 100 valence electrons. The van der Waals surface area contributed by atoms with Crippen molar-refractivity contribution < 1.29 is 19.4 Å². The normalized spacial score (nSPS) is 10.2. The van der Waals surface area contributed by atoms with Crippen molar-refractivity contribution >= 4 is 5.91 Å². The fraction of sp³-hybridized carbons (Fsp3) is 0.500. The van der Waals surface area contributed by atoms with Gasteiger partial charge in [-0.25, -0.2) is 0 Å². The number of pyridine rings is 1. The summed E-state index contributed by atoms with van der Waals surface area (Å²) in [7, 11) is 1.56. The zero-order valence-corrected chi connectivity index (χ0v) is 10.6. The minimum absolute atomic E-state index is 0.110. The Morgan fingerprint density at radius 2 is 2.28 bits per heavy atom. The molecule has 0 unspecified atom stereocenters. The summed E-state index contributed by atoms with van der Waals surface area (Å²) in [5.41, 5.74) is 1.22. The van der Waals surface area contributed by atoms with Gasteiger partial charge in [0.05, 0.1) is 13.2 Å². The van der Waals surface area contributed by atoms with E-state index in [0.29, 0.717) is 24.6 Å². The van der Waals surface area contributed by atoms with E-state index in [4.69, 9.17) is 14.6 Å². The number of hydrogen-bond donors (Lipinski definition) is 2. The highest BCUT2D eigenvalue weighted by molar-refractivity contribution is 5.77. The van der Waals surface area contributed by atoms with E-state index in [0.717, 1.165) is 5.69 Å². The van der Waals surface area contributed by atoms with Crippen LogP contribution in [0.15, 0.2) is 12.1 Å². The van der Waals surface area contributed by atoms with Gasteiger partial charge in [0, 0.05) is 19.3 Å². The van der Waals surface area contributed by atoms with Gasteiger partial charge < -0.3 is 19.9 Å². The average Bonchev–Trinajstić information content (AvgIpc) is 2.37. The molecule has 0 saturated carbocycles. The van der Waals surface area contributed by atoms with Gasteiger partial charge in [0.15, 0.2) is 6.61 Å². The highest BCUT2D eigenvalue weighted by Gasteiger charge is 2.07. The first kappa shape index (κ1) is 14.4. The molecule has 0 fully saturated rings. The van der Waals surface area contributed by atoms with Crippen molar-refractivity contribution in [3.05, 3.63) is 23.5 Å². The van der Waals surface area contributed by atoms with Crippen LogP contribution in [0.4, 0.5) is 0 Å². The van der Waals surface area contributed by atoms with Crippen LogP contribution in [0.3, 0.4) is 0 Å². The van der Waals surface area contributed by atoms with Crippen molar-refractivity contribution in [2.75, 3.05) is 26.9 Å². The number of nitrogens with zero attached hydrogens (tertiary/aromatic N) is 1. The third-order valence-corrected chi connectivity index (χ3v) is 2.21. The summed E-state index contributed by atoms with van der Waals surface area (Å²) in [6.45, 7) is 2.39. The van der Waals surface area contributed by atoms with Gasteiger partial charge in [-0.1, -0.05) is 0 Å². The Labute approximate surface area is 106 Å². The van der Waals surface area contributed by atoms with Gasteiger partial charge in [-0.15, -0.1) is 0 Å². The van der Waals surface area contributed by atoms with Crippen molar-refractivity contribution in [1.29, 1.82) is 0 Å². The van der Waals surface area contributed by atoms with E-state index >= 15 is 0 Å². The second kappa shape index (κ2) is 7.62. The lowest BCUT2D eigenvalue weighted by molar-refractivity contribution is -0.123. The maximum Gasteiger partial charge on any atom is 0.258 e. The summed E-state index contributed by atoms with van der Waals surface area (Å²) in [6.07, 6.45) is 0. The van der Waals surface area contributed by atoms with Crippen LogP contribution in [0.5, 0.6) is 5.75 Å². The summed E-state index contributed by atoms with van der Waals surface area (Å²) in [5, 5.41) is 11.8. The summed E-state index contributed by atoms with van der Waals surface area (Å²) >= 11 is 0. The van der Waals surface area contributed by atoms with Crippen LogP contribution in [-0.2, 0) is 16.1 Å². The van der Waals surface area contributed by atoms with Crippen LogP contribution >= 0.6 is 0 Å². The SMILES string of the molecule is COCCNC(=O)COc1ccc(C)nc1CO. The van der Waals surface area contributed by atoms with Crippen LogP contribution in [-0.4, -0.2) is 42.9 Å². The second-order valence-electron chi connectivity index (χ2n) is 3.69. The number of carbonyl (C=O) groups is 1. The Balaban J connectivity index is 2.45. The van der Waals surface area contributed by atoms with Crippen molar-refractivity contribution in [1.82, 2.24) is 10.3 Å². The number of aliphatic hydroxyl groups is 1. The Morgan fingerprint density at radius 1 is 1.50 bits per heavy atom. The van der Waals surface area contributed by atoms with Crippen molar-refractivity contribution in [2.45, 2.75) is 13.5 Å². The number of aliphatic hydroxyl groups excluding tert-OH is 1. The lowest BCUT2D eigenvalue weighted by Crippen LogP contribution is -2.31. The minimum atomic E-state index is -0.239. The van der Waals surface area contributed by atoms with Gasteiger partial charge in [-0.05, 0) is 19.1 Å². The maximum absolute atomic E-state index is 11.4. The van der Waals surface area contributed by atoms with E-state index in [1.54, 1.807) is 19.2 Å². The zero-order chi connectivity index (χ0) is 13.4. The van der Waals surface area contributed by atoms with E-state index in [1.165, 1.54) is 0 Å². The number of nitrogens with one attached hydrogen (secondary N) is 1.